The number of thiophene rings is 1. The molecule has 2 N–H and O–H groups in total. The Morgan fingerprint density at radius 3 is 2.67 bits per heavy atom. The molecular weight excluding hydrogens is 345 g/mol. The number of halogens is 1. The average Bonchev–Trinajstić information content (AvgIpc) is 2.89. The van der Waals surface area contributed by atoms with Gasteiger partial charge >= 0.3 is 0 Å². The number of hydrogen-bond acceptors (Lipinski definition) is 5. The Morgan fingerprint density at radius 2 is 2.04 bits per heavy atom. The molecule has 7 heteroatoms. The molecular formula is C17H16FN3OS2. The van der Waals surface area contributed by atoms with Gasteiger partial charge in [-0.3, -0.25) is 4.79 Å². The second-order valence-corrected chi connectivity index (χ2v) is 7.71. The number of thioether (sulfide) groups is 1. The molecule has 0 aliphatic rings. The molecule has 0 saturated heterocycles. The molecule has 0 radical (unpaired) electrons. The number of primary amides is 1. The van der Waals surface area contributed by atoms with E-state index >= 15 is 0 Å². The van der Waals surface area contributed by atoms with E-state index in [9.17, 15) is 9.18 Å². The second-order valence-electron chi connectivity index (χ2n) is 5.32. The number of nitrogens with two attached hydrogens (primary N) is 1. The summed E-state index contributed by atoms with van der Waals surface area (Å²) in [6.07, 6.45) is 2.13. The Kier molecular flexibility index (Phi) is 4.82. The van der Waals surface area contributed by atoms with Crippen LogP contribution in [-0.2, 0) is 4.79 Å². The molecule has 2 heterocycles. The summed E-state index contributed by atoms with van der Waals surface area (Å²) in [5.41, 5.74) is 7.36. The van der Waals surface area contributed by atoms with Crippen molar-refractivity contribution in [2.75, 3.05) is 0 Å². The molecule has 0 saturated carbocycles. The minimum atomic E-state index is -0.357. The van der Waals surface area contributed by atoms with E-state index in [1.165, 1.54) is 30.2 Å². The third-order valence-corrected chi connectivity index (χ3v) is 6.10. The summed E-state index contributed by atoms with van der Waals surface area (Å²) in [6, 6.07) is 6.37. The van der Waals surface area contributed by atoms with Crippen molar-refractivity contribution in [3.63, 3.8) is 0 Å². The van der Waals surface area contributed by atoms with Gasteiger partial charge in [-0.2, -0.15) is 0 Å². The molecule has 4 nitrogen and oxygen atoms in total. The quantitative estimate of drug-likeness (QED) is 0.547. The number of carbonyl (C=O) groups is 1. The molecule has 1 aromatic carbocycles. The monoisotopic (exact) mass is 361 g/mol. The first-order valence-electron chi connectivity index (χ1n) is 7.47. The predicted octanol–water partition coefficient (Wildman–Crippen LogP) is 4.16. The number of benzene rings is 1. The number of nitrogens with zero attached hydrogens (tertiary/aromatic N) is 2. The molecule has 3 rings (SSSR count). The molecule has 0 aliphatic heterocycles. The Balaban J connectivity index is 2.17. The lowest BCUT2D eigenvalue weighted by Gasteiger charge is -2.11. The normalized spacial score (nSPS) is 12.5. The number of amides is 1. The van der Waals surface area contributed by atoms with E-state index in [0.29, 0.717) is 6.42 Å². The van der Waals surface area contributed by atoms with Crippen molar-refractivity contribution in [3.8, 4) is 11.1 Å². The Hall–Kier alpha value is -1.99. The highest BCUT2D eigenvalue weighted by atomic mass is 32.2. The second kappa shape index (κ2) is 6.86. The fraction of sp³-hybridized carbons (Fsp3) is 0.235. The number of hydrogen-bond donors (Lipinski definition) is 1. The summed E-state index contributed by atoms with van der Waals surface area (Å²) < 4.78 is 13.3. The highest BCUT2D eigenvalue weighted by molar-refractivity contribution is 8.00. The highest BCUT2D eigenvalue weighted by Gasteiger charge is 2.21. The maximum atomic E-state index is 13.3. The maximum Gasteiger partial charge on any atom is 0.230 e. The Labute approximate surface area is 147 Å². The summed E-state index contributed by atoms with van der Waals surface area (Å²) in [5, 5.41) is 1.29. The molecule has 0 aliphatic carbocycles. The van der Waals surface area contributed by atoms with Gasteiger partial charge in [-0.15, -0.1) is 11.3 Å². The zero-order chi connectivity index (χ0) is 17.3. The lowest BCUT2D eigenvalue weighted by Crippen LogP contribution is -2.24. The predicted molar refractivity (Wildman–Crippen MR) is 96.7 cm³/mol. The highest BCUT2D eigenvalue weighted by Crippen LogP contribution is 2.42. The number of aryl methyl sites for hydroxylation is 1. The maximum absolute atomic E-state index is 13.3. The lowest BCUT2D eigenvalue weighted by atomic mass is 10.0. The van der Waals surface area contributed by atoms with Gasteiger partial charge in [0, 0.05) is 10.4 Å². The first-order valence-corrected chi connectivity index (χ1v) is 9.17. The zero-order valence-electron chi connectivity index (χ0n) is 13.2. The van der Waals surface area contributed by atoms with Crippen molar-refractivity contribution in [2.45, 2.75) is 30.5 Å². The van der Waals surface area contributed by atoms with Crippen molar-refractivity contribution in [1.82, 2.24) is 9.97 Å². The first-order chi connectivity index (χ1) is 11.5. The van der Waals surface area contributed by atoms with Gasteiger partial charge in [-0.1, -0.05) is 30.8 Å². The summed E-state index contributed by atoms with van der Waals surface area (Å²) >= 11 is 2.92. The van der Waals surface area contributed by atoms with E-state index in [1.54, 1.807) is 23.5 Å². The van der Waals surface area contributed by atoms with E-state index in [2.05, 4.69) is 9.97 Å². The van der Waals surface area contributed by atoms with Gasteiger partial charge < -0.3 is 5.73 Å². The van der Waals surface area contributed by atoms with Gasteiger partial charge in [0.25, 0.3) is 0 Å². The Bertz CT molecular complexity index is 893. The van der Waals surface area contributed by atoms with E-state index in [1.807, 2.05) is 13.8 Å². The van der Waals surface area contributed by atoms with E-state index in [-0.39, 0.29) is 17.0 Å². The van der Waals surface area contributed by atoms with E-state index in [0.717, 1.165) is 31.2 Å². The minimum Gasteiger partial charge on any atom is -0.369 e. The van der Waals surface area contributed by atoms with Gasteiger partial charge in [0.2, 0.25) is 5.91 Å². The van der Waals surface area contributed by atoms with Crippen molar-refractivity contribution in [3.05, 3.63) is 41.3 Å². The smallest absolute Gasteiger partial charge is 0.230 e. The number of fused-ring (bicyclic) bond motifs is 1. The topological polar surface area (TPSA) is 68.9 Å². The van der Waals surface area contributed by atoms with Crippen molar-refractivity contribution >= 4 is 39.2 Å². The van der Waals surface area contributed by atoms with Crippen molar-refractivity contribution < 1.29 is 9.18 Å². The molecule has 0 spiro atoms. The largest absolute Gasteiger partial charge is 0.369 e. The van der Waals surface area contributed by atoms with Crippen LogP contribution in [0, 0.1) is 12.7 Å². The fourth-order valence-electron chi connectivity index (χ4n) is 2.55. The standard InChI is InChI=1S/C17H16FN3OS2/c1-3-12(15(19)22)24-17-14-13(10-4-6-11(18)7-5-10)9(2)23-16(14)20-8-21-17/h4-8,12H,3H2,1-2H3,(H2,19,22). The van der Waals surface area contributed by atoms with E-state index in [4.69, 9.17) is 5.73 Å². The van der Waals surface area contributed by atoms with Crippen LogP contribution in [0.1, 0.15) is 18.2 Å². The fourth-order valence-corrected chi connectivity index (χ4v) is 4.60. The van der Waals surface area contributed by atoms with Crippen LogP contribution in [0.5, 0.6) is 0 Å². The summed E-state index contributed by atoms with van der Waals surface area (Å²) in [7, 11) is 0. The van der Waals surface area contributed by atoms with Crippen LogP contribution in [0.3, 0.4) is 0 Å². The van der Waals surface area contributed by atoms with Gasteiger partial charge in [0.1, 0.15) is 22.0 Å². The summed E-state index contributed by atoms with van der Waals surface area (Å²) in [4.78, 5) is 22.2. The third-order valence-electron chi connectivity index (χ3n) is 3.70. The molecule has 1 amide bonds. The number of aromatic nitrogens is 2. The van der Waals surface area contributed by atoms with Crippen LogP contribution < -0.4 is 5.73 Å². The molecule has 1 unspecified atom stereocenters. The van der Waals surface area contributed by atoms with Crippen LogP contribution in [0.25, 0.3) is 21.3 Å². The molecule has 3 aromatic rings. The minimum absolute atomic E-state index is 0.276. The van der Waals surface area contributed by atoms with Crippen LogP contribution in [-0.4, -0.2) is 21.1 Å². The van der Waals surface area contributed by atoms with Crippen LogP contribution >= 0.6 is 23.1 Å². The van der Waals surface area contributed by atoms with Crippen LogP contribution in [0.15, 0.2) is 35.6 Å². The summed E-state index contributed by atoms with van der Waals surface area (Å²) in [6.45, 7) is 3.92. The van der Waals surface area contributed by atoms with Gasteiger partial charge in [-0.25, -0.2) is 14.4 Å². The zero-order valence-corrected chi connectivity index (χ0v) is 14.9. The third kappa shape index (κ3) is 3.14. The van der Waals surface area contributed by atoms with Crippen LogP contribution in [0.2, 0.25) is 0 Å². The van der Waals surface area contributed by atoms with Gasteiger partial charge in [0.05, 0.1) is 10.6 Å². The average molecular weight is 361 g/mol. The van der Waals surface area contributed by atoms with Gasteiger partial charge in [-0.05, 0) is 31.0 Å². The van der Waals surface area contributed by atoms with Crippen LogP contribution in [0.4, 0.5) is 4.39 Å². The molecule has 1 atom stereocenters. The number of rotatable bonds is 5. The molecule has 24 heavy (non-hydrogen) atoms. The van der Waals surface area contributed by atoms with Crippen molar-refractivity contribution in [1.29, 1.82) is 0 Å². The summed E-state index contributed by atoms with van der Waals surface area (Å²) in [5.74, 6) is -0.633. The lowest BCUT2D eigenvalue weighted by molar-refractivity contribution is -0.117. The van der Waals surface area contributed by atoms with Gasteiger partial charge in [0.15, 0.2) is 0 Å². The number of carbonyl (C=O) groups excluding carboxylic acids is 1. The van der Waals surface area contributed by atoms with Crippen molar-refractivity contribution in [2.24, 2.45) is 5.73 Å². The van der Waals surface area contributed by atoms with E-state index < -0.39 is 0 Å². The molecule has 2 aromatic heterocycles. The molecule has 0 fully saturated rings. The SMILES string of the molecule is CCC(Sc1ncnc2sc(C)c(-c3ccc(F)cc3)c12)C(N)=O. The Morgan fingerprint density at radius 1 is 1.33 bits per heavy atom. The molecule has 124 valence electrons. The molecule has 0 bridgehead atoms. The first kappa shape index (κ1) is 16.9.